The van der Waals surface area contributed by atoms with Crippen LogP contribution in [0, 0.1) is 0 Å². The number of hydrogen-bond donors (Lipinski definition) is 0. The predicted octanol–water partition coefficient (Wildman–Crippen LogP) is 18.5. The SMILES string of the molecule is CC/C=C\C/C=C\C/C=C\C/C=C\CCCCCCCCC(=O)OCC(COCCCCCC/C=C\C/C=C\C/C=C\CC)OC(=O)CCCCCCCCCCCCCCCCC. The summed E-state index contributed by atoms with van der Waals surface area (Å²) in [5.74, 6) is -0.421. The highest BCUT2D eigenvalue weighted by atomic mass is 16.6. The largest absolute Gasteiger partial charge is 0.462 e. The Morgan fingerprint density at radius 3 is 1.12 bits per heavy atom. The van der Waals surface area contributed by atoms with E-state index in [0.29, 0.717) is 19.4 Å². The van der Waals surface area contributed by atoms with Gasteiger partial charge in [0.05, 0.1) is 6.61 Å². The average Bonchev–Trinajstić information content (AvgIpc) is 3.30. The van der Waals surface area contributed by atoms with Gasteiger partial charge in [0.25, 0.3) is 0 Å². The zero-order valence-corrected chi connectivity index (χ0v) is 42.3. The van der Waals surface area contributed by atoms with Crippen molar-refractivity contribution in [2.45, 2.75) is 258 Å². The lowest BCUT2D eigenvalue weighted by Gasteiger charge is -2.18. The van der Waals surface area contributed by atoms with Gasteiger partial charge in [0.1, 0.15) is 6.61 Å². The first-order valence-corrected chi connectivity index (χ1v) is 27.1. The van der Waals surface area contributed by atoms with Gasteiger partial charge in [-0.05, 0) is 89.9 Å². The molecule has 0 aromatic carbocycles. The smallest absolute Gasteiger partial charge is 0.306 e. The third-order valence-corrected chi connectivity index (χ3v) is 11.4. The molecule has 0 aliphatic carbocycles. The Hall–Kier alpha value is -2.92. The molecule has 0 saturated carbocycles. The fraction of sp³-hybridized carbons (Fsp3) is 0.729. The van der Waals surface area contributed by atoms with Crippen LogP contribution in [0.15, 0.2) is 85.1 Å². The van der Waals surface area contributed by atoms with Crippen molar-refractivity contribution >= 4 is 11.9 Å². The van der Waals surface area contributed by atoms with Gasteiger partial charge in [0.15, 0.2) is 6.10 Å². The summed E-state index contributed by atoms with van der Waals surface area (Å²) < 4.78 is 17.4. The summed E-state index contributed by atoms with van der Waals surface area (Å²) in [5.41, 5.74) is 0. The third-order valence-electron chi connectivity index (χ3n) is 11.4. The second-order valence-corrected chi connectivity index (χ2v) is 17.7. The molecular formula is C59H102O5. The molecule has 368 valence electrons. The highest BCUT2D eigenvalue weighted by Crippen LogP contribution is 2.15. The normalized spacial score (nSPS) is 12.9. The van der Waals surface area contributed by atoms with Crippen LogP contribution >= 0.6 is 0 Å². The lowest BCUT2D eigenvalue weighted by molar-refractivity contribution is -0.163. The Kier molecular flexibility index (Phi) is 51.9. The summed E-state index contributed by atoms with van der Waals surface area (Å²) in [5, 5.41) is 0. The summed E-state index contributed by atoms with van der Waals surface area (Å²) >= 11 is 0. The number of ether oxygens (including phenoxy) is 3. The molecule has 0 fully saturated rings. The van der Waals surface area contributed by atoms with Crippen LogP contribution in [-0.2, 0) is 23.8 Å². The summed E-state index contributed by atoms with van der Waals surface area (Å²) in [7, 11) is 0. The summed E-state index contributed by atoms with van der Waals surface area (Å²) in [6.45, 7) is 7.56. The molecule has 0 N–H and O–H groups in total. The van der Waals surface area contributed by atoms with E-state index in [1.165, 1.54) is 116 Å². The summed E-state index contributed by atoms with van der Waals surface area (Å²) in [4.78, 5) is 25.5. The third kappa shape index (κ3) is 51.7. The Labute approximate surface area is 397 Å². The van der Waals surface area contributed by atoms with Gasteiger partial charge in [-0.1, -0.05) is 234 Å². The zero-order chi connectivity index (χ0) is 46.3. The standard InChI is InChI=1S/C59H102O5/c1-4-7-10-13-16-19-22-25-28-29-30-31-33-34-37-40-43-46-49-52-58(60)63-56-57(55-62-54-51-48-45-42-39-36-27-24-21-18-15-12-9-6-3)64-59(61)53-50-47-44-41-38-35-32-26-23-20-17-14-11-8-5-2/h7,9-10,12,16,18-19,21,25,27-28,30-31,36,57H,4-6,8,11,13-15,17,20,22-24,26,29,32-35,37-56H2,1-3H3/b10-7-,12-9-,19-16-,21-18-,28-25-,31-30-,36-27-. The molecule has 0 heterocycles. The molecule has 0 aromatic rings. The summed E-state index contributed by atoms with van der Waals surface area (Å²) in [6, 6.07) is 0. The van der Waals surface area contributed by atoms with Crippen LogP contribution in [0.4, 0.5) is 0 Å². The van der Waals surface area contributed by atoms with Gasteiger partial charge in [0.2, 0.25) is 0 Å². The molecular weight excluding hydrogens is 789 g/mol. The minimum atomic E-state index is -0.556. The average molecular weight is 891 g/mol. The Bertz CT molecular complexity index is 1190. The minimum absolute atomic E-state index is 0.0672. The van der Waals surface area contributed by atoms with E-state index < -0.39 is 6.10 Å². The first-order chi connectivity index (χ1) is 31.6. The van der Waals surface area contributed by atoms with Crippen LogP contribution in [-0.4, -0.2) is 37.9 Å². The molecule has 5 nitrogen and oxygen atoms in total. The molecule has 5 heteroatoms. The minimum Gasteiger partial charge on any atom is -0.462 e. The second-order valence-electron chi connectivity index (χ2n) is 17.7. The number of unbranched alkanes of at least 4 members (excludes halogenated alkanes) is 24. The van der Waals surface area contributed by atoms with E-state index >= 15 is 0 Å². The first-order valence-electron chi connectivity index (χ1n) is 27.1. The molecule has 0 aromatic heterocycles. The van der Waals surface area contributed by atoms with Gasteiger partial charge in [-0.2, -0.15) is 0 Å². The molecule has 64 heavy (non-hydrogen) atoms. The van der Waals surface area contributed by atoms with Crippen LogP contribution in [0.3, 0.4) is 0 Å². The van der Waals surface area contributed by atoms with Crippen molar-refractivity contribution in [3.05, 3.63) is 85.1 Å². The van der Waals surface area contributed by atoms with E-state index in [9.17, 15) is 9.59 Å². The van der Waals surface area contributed by atoms with Gasteiger partial charge >= 0.3 is 11.9 Å². The van der Waals surface area contributed by atoms with Crippen LogP contribution in [0.2, 0.25) is 0 Å². The molecule has 0 radical (unpaired) electrons. The number of allylic oxidation sites excluding steroid dienone is 14. The van der Waals surface area contributed by atoms with Crippen LogP contribution in [0.25, 0.3) is 0 Å². The van der Waals surface area contributed by atoms with Crippen LogP contribution in [0.5, 0.6) is 0 Å². The van der Waals surface area contributed by atoms with Gasteiger partial charge < -0.3 is 14.2 Å². The van der Waals surface area contributed by atoms with Crippen molar-refractivity contribution in [3.63, 3.8) is 0 Å². The lowest BCUT2D eigenvalue weighted by Crippen LogP contribution is -2.30. The van der Waals surface area contributed by atoms with E-state index in [2.05, 4.69) is 106 Å². The van der Waals surface area contributed by atoms with Crippen molar-refractivity contribution in [1.29, 1.82) is 0 Å². The molecule has 0 rings (SSSR count). The maximum atomic E-state index is 12.8. The van der Waals surface area contributed by atoms with Gasteiger partial charge in [-0.3, -0.25) is 9.59 Å². The Morgan fingerprint density at radius 2 is 0.703 bits per heavy atom. The number of hydrogen-bond acceptors (Lipinski definition) is 5. The van der Waals surface area contributed by atoms with E-state index in [4.69, 9.17) is 14.2 Å². The highest BCUT2D eigenvalue weighted by molar-refractivity contribution is 5.70. The molecule has 0 bridgehead atoms. The van der Waals surface area contributed by atoms with Gasteiger partial charge in [-0.25, -0.2) is 0 Å². The second kappa shape index (κ2) is 54.4. The zero-order valence-electron chi connectivity index (χ0n) is 42.3. The van der Waals surface area contributed by atoms with Crippen molar-refractivity contribution in [3.8, 4) is 0 Å². The lowest BCUT2D eigenvalue weighted by atomic mass is 10.0. The van der Waals surface area contributed by atoms with Crippen molar-refractivity contribution < 1.29 is 23.8 Å². The number of carbonyl (C=O) groups is 2. The Balaban J connectivity index is 4.31. The quantitative estimate of drug-likeness (QED) is 0.0346. The van der Waals surface area contributed by atoms with E-state index in [0.717, 1.165) is 103 Å². The fourth-order valence-corrected chi connectivity index (χ4v) is 7.46. The maximum Gasteiger partial charge on any atom is 0.306 e. The monoisotopic (exact) mass is 891 g/mol. The maximum absolute atomic E-state index is 12.8. The number of carbonyl (C=O) groups excluding carboxylic acids is 2. The molecule has 1 atom stereocenters. The van der Waals surface area contributed by atoms with Crippen molar-refractivity contribution in [2.75, 3.05) is 19.8 Å². The van der Waals surface area contributed by atoms with Crippen LogP contribution in [0.1, 0.15) is 252 Å². The van der Waals surface area contributed by atoms with E-state index in [1.807, 2.05) is 0 Å². The molecule has 1 unspecified atom stereocenters. The topological polar surface area (TPSA) is 61.8 Å². The number of rotatable bonds is 49. The van der Waals surface area contributed by atoms with Crippen LogP contribution < -0.4 is 0 Å². The predicted molar refractivity (Wildman–Crippen MR) is 279 cm³/mol. The van der Waals surface area contributed by atoms with Crippen molar-refractivity contribution in [2.24, 2.45) is 0 Å². The molecule has 0 aliphatic heterocycles. The van der Waals surface area contributed by atoms with Gasteiger partial charge in [0, 0.05) is 19.4 Å². The van der Waals surface area contributed by atoms with Crippen molar-refractivity contribution in [1.82, 2.24) is 0 Å². The first kappa shape index (κ1) is 61.1. The van der Waals surface area contributed by atoms with E-state index in [1.54, 1.807) is 0 Å². The van der Waals surface area contributed by atoms with E-state index in [-0.39, 0.29) is 25.2 Å². The Morgan fingerprint density at radius 1 is 0.359 bits per heavy atom. The fourth-order valence-electron chi connectivity index (χ4n) is 7.46. The van der Waals surface area contributed by atoms with Gasteiger partial charge in [-0.15, -0.1) is 0 Å². The molecule has 0 saturated heterocycles. The summed E-state index contributed by atoms with van der Waals surface area (Å²) in [6.07, 6.45) is 71.7. The molecule has 0 spiro atoms. The number of esters is 2. The molecule has 0 aliphatic rings. The molecule has 0 amide bonds. The highest BCUT2D eigenvalue weighted by Gasteiger charge is 2.17.